The number of hydrogen-bond donors (Lipinski definition) is 3. The molecule has 0 aliphatic carbocycles. The Kier molecular flexibility index (Phi) is 4.74. The Bertz CT molecular complexity index is 218. The van der Waals surface area contributed by atoms with Crippen molar-refractivity contribution in [2.75, 3.05) is 0 Å². The molecule has 1 atom stereocenters. The van der Waals surface area contributed by atoms with Crippen LogP contribution in [-0.2, 0) is 4.79 Å². The van der Waals surface area contributed by atoms with Crippen LogP contribution in [0.25, 0.3) is 0 Å². The molecule has 0 aliphatic rings. The van der Waals surface area contributed by atoms with Gasteiger partial charge in [-0.2, -0.15) is 0 Å². The van der Waals surface area contributed by atoms with Crippen LogP contribution in [0.3, 0.4) is 0 Å². The van der Waals surface area contributed by atoms with Gasteiger partial charge in [-0.05, 0) is 32.1 Å². The van der Waals surface area contributed by atoms with Gasteiger partial charge in [0.1, 0.15) is 0 Å². The van der Waals surface area contributed by atoms with E-state index < -0.39 is 17.4 Å². The number of carbonyl (C=O) groups is 1. The molecule has 4 nitrogen and oxygen atoms in total. The number of carboxylic acid groups (broad SMARTS) is 1. The summed E-state index contributed by atoms with van der Waals surface area (Å²) in [5, 5.41) is 18.0. The smallest absolute Gasteiger partial charge is 0.306 e. The summed E-state index contributed by atoms with van der Waals surface area (Å²) in [4.78, 5) is 11.1. The first-order valence-corrected chi connectivity index (χ1v) is 5.21. The van der Waals surface area contributed by atoms with E-state index in [0.717, 1.165) is 0 Å². The fourth-order valence-corrected chi connectivity index (χ4v) is 1.65. The first-order valence-electron chi connectivity index (χ1n) is 5.21. The molecule has 15 heavy (non-hydrogen) atoms. The lowest BCUT2D eigenvalue weighted by Gasteiger charge is -2.29. The van der Waals surface area contributed by atoms with Crippen molar-refractivity contribution < 1.29 is 15.1 Å². The molecular formula is C11H23NO3. The van der Waals surface area contributed by atoms with Crippen LogP contribution in [0, 0.1) is 11.3 Å². The van der Waals surface area contributed by atoms with Crippen molar-refractivity contribution in [3.8, 4) is 0 Å². The van der Waals surface area contributed by atoms with Crippen molar-refractivity contribution in [3.63, 3.8) is 0 Å². The number of rotatable bonds is 5. The quantitative estimate of drug-likeness (QED) is 0.618. The third kappa shape index (κ3) is 6.47. The van der Waals surface area contributed by atoms with E-state index in [-0.39, 0.29) is 5.41 Å². The molecule has 0 rings (SSSR count). The summed E-state index contributed by atoms with van der Waals surface area (Å²) >= 11 is 0. The Morgan fingerprint density at radius 3 is 1.93 bits per heavy atom. The summed E-state index contributed by atoms with van der Waals surface area (Å²) in [6, 6.07) is 0. The maximum absolute atomic E-state index is 11.1. The largest absolute Gasteiger partial charge is 0.481 e. The zero-order valence-corrected chi connectivity index (χ0v) is 10.3. The predicted octanol–water partition coefficient (Wildman–Crippen LogP) is 2.27. The van der Waals surface area contributed by atoms with Crippen molar-refractivity contribution in [1.82, 2.24) is 5.48 Å². The standard InChI is InChI=1S/C11H23NO3/c1-10(2,3)6-8(9(13)14)7-11(4,5)12-15/h8,12,15H,6-7H2,1-5H3,(H,13,14). The fourth-order valence-electron chi connectivity index (χ4n) is 1.65. The molecule has 0 bridgehead atoms. The van der Waals surface area contributed by atoms with E-state index in [1.807, 2.05) is 20.8 Å². The Morgan fingerprint density at radius 1 is 1.20 bits per heavy atom. The Hall–Kier alpha value is -0.610. The van der Waals surface area contributed by atoms with Crippen LogP contribution in [0.15, 0.2) is 0 Å². The fraction of sp³-hybridized carbons (Fsp3) is 0.909. The molecule has 4 heteroatoms. The van der Waals surface area contributed by atoms with Crippen LogP contribution in [0.4, 0.5) is 0 Å². The van der Waals surface area contributed by atoms with Gasteiger partial charge < -0.3 is 10.3 Å². The van der Waals surface area contributed by atoms with Crippen LogP contribution in [0.1, 0.15) is 47.5 Å². The predicted molar refractivity (Wildman–Crippen MR) is 58.8 cm³/mol. The zero-order valence-electron chi connectivity index (χ0n) is 10.3. The number of aliphatic carboxylic acids is 1. The number of hydrogen-bond acceptors (Lipinski definition) is 3. The minimum Gasteiger partial charge on any atom is -0.481 e. The van der Waals surface area contributed by atoms with Crippen LogP contribution in [0.2, 0.25) is 0 Å². The van der Waals surface area contributed by atoms with Gasteiger partial charge in [-0.15, -0.1) is 0 Å². The van der Waals surface area contributed by atoms with Crippen LogP contribution >= 0.6 is 0 Å². The lowest BCUT2D eigenvalue weighted by molar-refractivity contribution is -0.144. The highest BCUT2D eigenvalue weighted by atomic mass is 16.5. The number of carboxylic acids is 1. The van der Waals surface area contributed by atoms with Gasteiger partial charge >= 0.3 is 5.97 Å². The molecular weight excluding hydrogens is 194 g/mol. The third-order valence-electron chi connectivity index (χ3n) is 2.27. The molecule has 0 amide bonds. The molecule has 0 fully saturated rings. The molecule has 1 unspecified atom stereocenters. The first-order chi connectivity index (χ1) is 6.57. The molecule has 0 aromatic rings. The van der Waals surface area contributed by atoms with Gasteiger partial charge in [-0.25, -0.2) is 5.48 Å². The normalized spacial score (nSPS) is 15.1. The second-order valence-corrected chi connectivity index (χ2v) is 6.00. The van der Waals surface area contributed by atoms with Gasteiger partial charge in [0.15, 0.2) is 0 Å². The topological polar surface area (TPSA) is 69.6 Å². The first kappa shape index (κ1) is 14.4. The average Bonchev–Trinajstić information content (AvgIpc) is 2.00. The summed E-state index contributed by atoms with van der Waals surface area (Å²) in [7, 11) is 0. The lowest BCUT2D eigenvalue weighted by atomic mass is 9.79. The lowest BCUT2D eigenvalue weighted by Crippen LogP contribution is -2.40. The molecule has 0 radical (unpaired) electrons. The zero-order chi connectivity index (χ0) is 12.3. The molecule has 0 saturated heterocycles. The SMILES string of the molecule is CC(C)(C)CC(CC(C)(C)NO)C(=O)O. The third-order valence-corrected chi connectivity index (χ3v) is 2.27. The van der Waals surface area contributed by atoms with Gasteiger partial charge in [-0.1, -0.05) is 20.8 Å². The average molecular weight is 217 g/mol. The monoisotopic (exact) mass is 217 g/mol. The van der Waals surface area contributed by atoms with Gasteiger partial charge in [0.2, 0.25) is 0 Å². The van der Waals surface area contributed by atoms with E-state index in [2.05, 4.69) is 5.48 Å². The highest BCUT2D eigenvalue weighted by Gasteiger charge is 2.30. The molecule has 3 N–H and O–H groups in total. The van der Waals surface area contributed by atoms with E-state index in [0.29, 0.717) is 12.8 Å². The van der Waals surface area contributed by atoms with E-state index in [9.17, 15) is 4.79 Å². The molecule has 0 aromatic heterocycles. The summed E-state index contributed by atoms with van der Waals surface area (Å²) in [5.41, 5.74) is 1.57. The highest BCUT2D eigenvalue weighted by molar-refractivity contribution is 5.70. The molecule has 0 heterocycles. The second-order valence-electron chi connectivity index (χ2n) is 6.00. The van der Waals surface area contributed by atoms with Crippen molar-refractivity contribution in [2.45, 2.75) is 53.0 Å². The number of nitrogens with one attached hydrogen (secondary N) is 1. The van der Waals surface area contributed by atoms with Gasteiger partial charge in [0.25, 0.3) is 0 Å². The van der Waals surface area contributed by atoms with Gasteiger partial charge in [0, 0.05) is 5.54 Å². The minimum absolute atomic E-state index is 0.0193. The Morgan fingerprint density at radius 2 is 1.67 bits per heavy atom. The summed E-state index contributed by atoms with van der Waals surface area (Å²) < 4.78 is 0. The van der Waals surface area contributed by atoms with E-state index >= 15 is 0 Å². The summed E-state index contributed by atoms with van der Waals surface area (Å²) in [6.07, 6.45) is 1.02. The Labute approximate surface area is 91.6 Å². The van der Waals surface area contributed by atoms with E-state index in [1.54, 1.807) is 13.8 Å². The van der Waals surface area contributed by atoms with Gasteiger partial charge in [-0.3, -0.25) is 4.79 Å². The Balaban J connectivity index is 4.50. The van der Waals surface area contributed by atoms with E-state index in [4.69, 9.17) is 10.3 Å². The molecule has 0 saturated carbocycles. The van der Waals surface area contributed by atoms with Crippen molar-refractivity contribution in [3.05, 3.63) is 0 Å². The molecule has 0 aliphatic heterocycles. The summed E-state index contributed by atoms with van der Waals surface area (Å²) in [6.45, 7) is 9.62. The van der Waals surface area contributed by atoms with Crippen LogP contribution < -0.4 is 5.48 Å². The maximum Gasteiger partial charge on any atom is 0.306 e. The minimum atomic E-state index is -0.798. The second kappa shape index (κ2) is 4.94. The van der Waals surface area contributed by atoms with Crippen LogP contribution in [0.5, 0.6) is 0 Å². The number of hydroxylamine groups is 1. The summed E-state index contributed by atoms with van der Waals surface area (Å²) in [5.74, 6) is -1.23. The van der Waals surface area contributed by atoms with Crippen molar-refractivity contribution in [1.29, 1.82) is 0 Å². The van der Waals surface area contributed by atoms with Crippen molar-refractivity contribution >= 4 is 5.97 Å². The van der Waals surface area contributed by atoms with Gasteiger partial charge in [0.05, 0.1) is 5.92 Å². The van der Waals surface area contributed by atoms with Crippen molar-refractivity contribution in [2.24, 2.45) is 11.3 Å². The molecule has 0 aromatic carbocycles. The maximum atomic E-state index is 11.1. The van der Waals surface area contributed by atoms with E-state index in [1.165, 1.54) is 0 Å². The molecule has 0 spiro atoms. The molecule has 90 valence electrons. The highest BCUT2D eigenvalue weighted by Crippen LogP contribution is 2.29. The van der Waals surface area contributed by atoms with Crippen LogP contribution in [-0.4, -0.2) is 21.8 Å².